The van der Waals surface area contributed by atoms with Crippen molar-refractivity contribution in [1.82, 2.24) is 24.9 Å². The molecule has 310 valence electrons. The van der Waals surface area contributed by atoms with Gasteiger partial charge in [0.15, 0.2) is 6.29 Å². The van der Waals surface area contributed by atoms with E-state index in [1.807, 2.05) is 0 Å². The van der Waals surface area contributed by atoms with E-state index in [0.717, 1.165) is 16.6 Å². The third-order valence-corrected chi connectivity index (χ3v) is 8.08. The van der Waals surface area contributed by atoms with Gasteiger partial charge in [-0.15, -0.1) is 45.3 Å². The monoisotopic (exact) mass is 886 g/mol. The van der Waals surface area contributed by atoms with Crippen molar-refractivity contribution in [2.24, 2.45) is 15.3 Å². The van der Waals surface area contributed by atoms with Crippen LogP contribution in [0.2, 0.25) is 0 Å². The number of H-pyrrole nitrogens is 1. The van der Waals surface area contributed by atoms with Crippen molar-refractivity contribution < 1.29 is 42.9 Å². The van der Waals surface area contributed by atoms with E-state index in [1.165, 1.54) is 57.5 Å². The summed E-state index contributed by atoms with van der Waals surface area (Å²) in [7, 11) is 0. The Morgan fingerprint density at radius 3 is 1.56 bits per heavy atom. The van der Waals surface area contributed by atoms with Gasteiger partial charge in [0.2, 0.25) is 0 Å². The van der Waals surface area contributed by atoms with Crippen LogP contribution in [0.15, 0.2) is 71.0 Å². The van der Waals surface area contributed by atoms with Crippen molar-refractivity contribution in [3.63, 3.8) is 0 Å². The van der Waals surface area contributed by atoms with Crippen molar-refractivity contribution in [3.8, 4) is 0 Å². The Morgan fingerprint density at radius 2 is 1.19 bits per heavy atom. The summed E-state index contributed by atoms with van der Waals surface area (Å²) in [4.78, 5) is 80.9. The average Bonchev–Trinajstić information content (AvgIpc) is 4.08. The molecule has 0 saturated heterocycles. The lowest BCUT2D eigenvalue weighted by atomic mass is 10.3. The maximum atomic E-state index is 11.3. The van der Waals surface area contributed by atoms with E-state index in [-0.39, 0.29) is 37.1 Å². The molecule has 0 saturated carbocycles. The molecule has 0 aliphatic carbocycles. The number of aromatic nitrogens is 5. The summed E-state index contributed by atoms with van der Waals surface area (Å²) in [5, 5.41) is 14.7. The minimum Gasteiger partial charge on any atom is -0.466 e. The minimum absolute atomic E-state index is 0.0924. The average molecular weight is 887 g/mol. The normalized spacial score (nSPS) is 9.90. The molecule has 59 heavy (non-hydrogen) atoms. The zero-order chi connectivity index (χ0) is 43.7. The van der Waals surface area contributed by atoms with Gasteiger partial charge >= 0.3 is 23.9 Å². The first-order chi connectivity index (χ1) is 28.6. The fourth-order valence-corrected chi connectivity index (χ4v) is 5.47. The first-order valence-corrected chi connectivity index (χ1v) is 20.0. The molecule has 0 aliphatic rings. The molecule has 1 N–H and O–H groups in total. The second kappa shape index (κ2) is 31.1. The summed E-state index contributed by atoms with van der Waals surface area (Å²) in [6, 6.07) is 1.70. The summed E-state index contributed by atoms with van der Waals surface area (Å²) >= 11 is 5.66. The molecular formula is C32H34N14O9S4. The number of rotatable bonds is 14. The number of fused-ring (bicyclic) bond motifs is 1. The highest BCUT2D eigenvalue weighted by atomic mass is 32.1. The molecule has 5 heterocycles. The number of thiazole rings is 4. The number of nitrogens with zero attached hydrogens (tertiary/aromatic N) is 13. The number of aldehydes is 1. The fourth-order valence-electron chi connectivity index (χ4n) is 3.27. The SMILES string of the molecule is CCOC(=O)/C(=C/c1cscn1)N=[N+]=[N-].CCOC(=O)/C(=C/c1cscn1)N=[N+]=[N-].CCOC(=O)CN=[N+]=[N-].CCOC(=O)c1cc2ncsc2[nH]1.O=Cc1cscn1. The van der Waals surface area contributed by atoms with E-state index < -0.39 is 17.9 Å². The van der Waals surface area contributed by atoms with E-state index in [1.54, 1.807) is 71.9 Å². The van der Waals surface area contributed by atoms with E-state index in [2.05, 4.69) is 59.7 Å². The molecular weight excluding hydrogens is 853 g/mol. The largest absolute Gasteiger partial charge is 0.466 e. The Labute approximate surface area is 350 Å². The topological polar surface area (TPSA) is 336 Å². The molecule has 5 aromatic rings. The molecule has 5 rings (SSSR count). The third kappa shape index (κ3) is 21.2. The van der Waals surface area contributed by atoms with E-state index in [4.69, 9.17) is 30.8 Å². The number of nitrogens with one attached hydrogen (secondary N) is 1. The van der Waals surface area contributed by atoms with Crippen LogP contribution in [0.1, 0.15) is 60.1 Å². The van der Waals surface area contributed by atoms with Gasteiger partial charge in [-0.3, -0.25) is 9.59 Å². The standard InChI is InChI=1S/2C8H8N4O2S.C8H8N2O2S.C4H7N3O2.C4H3NOS/c2*1-2-14-8(13)7(11-12-9)3-6-4-15-5-10-6;1-2-12-8(11)6-3-5-7(10-6)13-4-9-5;1-2-9-4(8)3-6-7-5;6-1-4-2-7-3-5-4/h2*3-5H,2H2,1H3;3-4,10H,2H2,1H3;2-3H2,1H3;1-3H/b2*7-3-;;;. The maximum absolute atomic E-state index is 11.3. The zero-order valence-electron chi connectivity index (χ0n) is 31.5. The summed E-state index contributed by atoms with van der Waals surface area (Å²) < 4.78 is 18.7. The van der Waals surface area contributed by atoms with Gasteiger partial charge in [-0.1, -0.05) is 15.3 Å². The van der Waals surface area contributed by atoms with Gasteiger partial charge in [0, 0.05) is 30.9 Å². The molecule has 0 aliphatic heterocycles. The van der Waals surface area contributed by atoms with Crippen LogP contribution in [-0.4, -0.2) is 88.1 Å². The van der Waals surface area contributed by atoms with Crippen LogP contribution in [0, 0.1) is 0 Å². The number of hydrogen-bond acceptors (Lipinski definition) is 20. The summed E-state index contributed by atoms with van der Waals surface area (Å²) in [5.74, 6) is -2.12. The lowest BCUT2D eigenvalue weighted by Gasteiger charge is -1.99. The quantitative estimate of drug-likeness (QED) is 0.0209. The van der Waals surface area contributed by atoms with E-state index in [0.29, 0.717) is 36.0 Å². The Balaban J connectivity index is 0.000000378. The Hall–Kier alpha value is -6.98. The highest BCUT2D eigenvalue weighted by Crippen LogP contribution is 2.18. The molecule has 0 bridgehead atoms. The smallest absolute Gasteiger partial charge is 0.354 e. The summed E-state index contributed by atoms with van der Waals surface area (Å²) in [5.41, 5.74) is 33.6. The lowest BCUT2D eigenvalue weighted by molar-refractivity contribution is -0.141. The second-order valence-electron chi connectivity index (χ2n) is 9.40. The van der Waals surface area contributed by atoms with E-state index >= 15 is 0 Å². The molecule has 0 fully saturated rings. The second-order valence-corrected chi connectivity index (χ2v) is 12.4. The van der Waals surface area contributed by atoms with Crippen LogP contribution >= 0.6 is 45.3 Å². The minimum atomic E-state index is -0.650. The highest BCUT2D eigenvalue weighted by molar-refractivity contribution is 7.16. The van der Waals surface area contributed by atoms with Crippen LogP contribution in [0.3, 0.4) is 0 Å². The van der Waals surface area contributed by atoms with Gasteiger partial charge in [-0.25, -0.2) is 34.3 Å². The molecule has 23 nitrogen and oxygen atoms in total. The molecule has 0 amide bonds. The van der Waals surface area contributed by atoms with Crippen molar-refractivity contribution in [1.29, 1.82) is 0 Å². The lowest BCUT2D eigenvalue weighted by Crippen LogP contribution is -2.06. The number of carbonyl (C=O) groups is 5. The molecule has 0 spiro atoms. The van der Waals surface area contributed by atoms with Gasteiger partial charge in [0.25, 0.3) is 0 Å². The van der Waals surface area contributed by atoms with Crippen molar-refractivity contribution in [2.45, 2.75) is 27.7 Å². The van der Waals surface area contributed by atoms with Crippen LogP contribution in [-0.2, 0) is 33.3 Å². The molecule has 27 heteroatoms. The van der Waals surface area contributed by atoms with E-state index in [9.17, 15) is 24.0 Å². The number of carbonyl (C=O) groups excluding carboxylic acids is 5. The number of aromatic amines is 1. The molecule has 5 aromatic heterocycles. The number of ether oxygens (including phenoxy) is 4. The first-order valence-electron chi connectivity index (χ1n) is 16.3. The molecule has 0 radical (unpaired) electrons. The van der Waals surface area contributed by atoms with Crippen LogP contribution in [0.5, 0.6) is 0 Å². The molecule has 0 aromatic carbocycles. The van der Waals surface area contributed by atoms with Crippen LogP contribution in [0.25, 0.3) is 53.8 Å². The summed E-state index contributed by atoms with van der Waals surface area (Å²) in [6.45, 7) is 7.77. The number of esters is 4. The van der Waals surface area contributed by atoms with Gasteiger partial charge in [-0.2, -0.15) is 0 Å². The van der Waals surface area contributed by atoms with Crippen LogP contribution in [0.4, 0.5) is 0 Å². The zero-order valence-corrected chi connectivity index (χ0v) is 34.8. The third-order valence-electron chi connectivity index (χ3n) is 5.51. The highest BCUT2D eigenvalue weighted by Gasteiger charge is 2.12. The molecule has 0 atom stereocenters. The fraction of sp³-hybridized carbons (Fsp3) is 0.281. The van der Waals surface area contributed by atoms with Crippen molar-refractivity contribution >= 4 is 98.0 Å². The van der Waals surface area contributed by atoms with Gasteiger partial charge < -0.3 is 23.9 Å². The number of azide groups is 3. The van der Waals surface area contributed by atoms with Crippen LogP contribution < -0.4 is 0 Å². The Morgan fingerprint density at radius 1 is 0.695 bits per heavy atom. The first kappa shape index (κ1) is 50.0. The predicted octanol–water partition coefficient (Wildman–Crippen LogP) is 8.33. The van der Waals surface area contributed by atoms with Gasteiger partial charge in [0.1, 0.15) is 39.7 Å². The van der Waals surface area contributed by atoms with Gasteiger partial charge in [-0.05, 0) is 62.5 Å². The maximum Gasteiger partial charge on any atom is 0.354 e. The number of hydrogen-bond donors (Lipinski definition) is 1. The van der Waals surface area contributed by atoms with Crippen molar-refractivity contribution in [2.75, 3.05) is 33.0 Å². The molecule has 0 unspecified atom stereocenters. The Kier molecular flexibility index (Phi) is 26.4. The predicted molar refractivity (Wildman–Crippen MR) is 220 cm³/mol. The van der Waals surface area contributed by atoms with Gasteiger partial charge in [0.05, 0.1) is 59.9 Å². The summed E-state index contributed by atoms with van der Waals surface area (Å²) in [6.07, 6.45) is 3.50. The Bertz CT molecular complexity index is 2130. The van der Waals surface area contributed by atoms with Crippen molar-refractivity contribution in [3.05, 3.63) is 110 Å².